The number of nitrogens with zero attached hydrogens (tertiary/aromatic N) is 2. The molecule has 20 heavy (non-hydrogen) atoms. The van der Waals surface area contributed by atoms with Gasteiger partial charge in [0.25, 0.3) is 5.91 Å². The molecule has 2 fully saturated rings. The molecule has 0 unspecified atom stereocenters. The van der Waals surface area contributed by atoms with Crippen LogP contribution in [0.4, 0.5) is 4.79 Å². The minimum absolute atomic E-state index is 0.0599. The Morgan fingerprint density at radius 2 is 1.95 bits per heavy atom. The Morgan fingerprint density at radius 1 is 1.35 bits per heavy atom. The molecule has 2 rings (SSSR count). The van der Waals surface area contributed by atoms with Crippen LogP contribution in [0, 0.1) is 0 Å². The summed E-state index contributed by atoms with van der Waals surface area (Å²) in [5.41, 5.74) is -0.818. The maximum Gasteiger partial charge on any atom is 0.325 e. The van der Waals surface area contributed by atoms with E-state index in [9.17, 15) is 14.4 Å². The van der Waals surface area contributed by atoms with E-state index in [0.29, 0.717) is 18.9 Å². The Bertz CT molecular complexity index is 427. The molecule has 1 spiro atoms. The van der Waals surface area contributed by atoms with Crippen molar-refractivity contribution in [1.82, 2.24) is 15.1 Å². The number of carbonyl (C=O) groups is 3. The standard InChI is InChI=1S/C13H21N3O4/c1-9(2)15-7-4-13(5-8-15)11(19)16(12(20)14-13)6-3-10(17)18/h9H,3-8H2,1-2H3,(H,14,20)(H,17,18). The fourth-order valence-corrected chi connectivity index (χ4v) is 2.85. The fourth-order valence-electron chi connectivity index (χ4n) is 2.85. The van der Waals surface area contributed by atoms with Gasteiger partial charge in [-0.2, -0.15) is 0 Å². The van der Waals surface area contributed by atoms with Crippen molar-refractivity contribution in [2.45, 2.75) is 44.7 Å². The van der Waals surface area contributed by atoms with Crippen molar-refractivity contribution in [1.29, 1.82) is 0 Å². The smallest absolute Gasteiger partial charge is 0.325 e. The van der Waals surface area contributed by atoms with E-state index in [1.54, 1.807) is 0 Å². The molecular formula is C13H21N3O4. The summed E-state index contributed by atoms with van der Waals surface area (Å²) in [7, 11) is 0. The lowest BCUT2D eigenvalue weighted by Gasteiger charge is -2.39. The largest absolute Gasteiger partial charge is 0.481 e. The first-order chi connectivity index (χ1) is 9.35. The number of amides is 3. The molecule has 0 radical (unpaired) electrons. The van der Waals surface area contributed by atoms with Crippen LogP contribution >= 0.6 is 0 Å². The van der Waals surface area contributed by atoms with Crippen LogP contribution in [-0.2, 0) is 9.59 Å². The van der Waals surface area contributed by atoms with Gasteiger partial charge >= 0.3 is 12.0 Å². The average Bonchev–Trinajstić information content (AvgIpc) is 2.59. The SMILES string of the molecule is CC(C)N1CCC2(CC1)NC(=O)N(CCC(=O)O)C2=O. The van der Waals surface area contributed by atoms with Crippen LogP contribution in [0.5, 0.6) is 0 Å². The summed E-state index contributed by atoms with van der Waals surface area (Å²) in [6.07, 6.45) is 0.950. The number of rotatable bonds is 4. The predicted octanol–water partition coefficient (Wildman–Crippen LogP) is 0.256. The molecule has 7 heteroatoms. The molecule has 0 atom stereocenters. The minimum Gasteiger partial charge on any atom is -0.481 e. The van der Waals surface area contributed by atoms with E-state index in [2.05, 4.69) is 24.1 Å². The Labute approximate surface area is 117 Å². The molecule has 0 bridgehead atoms. The molecule has 2 aliphatic rings. The van der Waals surface area contributed by atoms with Crippen LogP contribution in [0.1, 0.15) is 33.1 Å². The summed E-state index contributed by atoms with van der Waals surface area (Å²) in [5.74, 6) is -1.28. The highest BCUT2D eigenvalue weighted by atomic mass is 16.4. The van der Waals surface area contributed by atoms with Gasteiger partial charge in [0.1, 0.15) is 5.54 Å². The molecule has 0 aliphatic carbocycles. The zero-order valence-electron chi connectivity index (χ0n) is 11.9. The number of carboxylic acid groups (broad SMARTS) is 1. The third-order valence-corrected chi connectivity index (χ3v) is 4.18. The lowest BCUT2D eigenvalue weighted by molar-refractivity contribution is -0.138. The average molecular weight is 283 g/mol. The number of hydrogen-bond acceptors (Lipinski definition) is 4. The number of urea groups is 1. The second kappa shape index (κ2) is 5.40. The van der Waals surface area contributed by atoms with Gasteiger partial charge in [0, 0.05) is 25.7 Å². The fraction of sp³-hybridized carbons (Fsp3) is 0.769. The Hall–Kier alpha value is -1.63. The second-order valence-corrected chi connectivity index (χ2v) is 5.74. The molecule has 0 saturated carbocycles. The minimum atomic E-state index is -1.01. The monoisotopic (exact) mass is 283 g/mol. The topological polar surface area (TPSA) is 90.0 Å². The van der Waals surface area contributed by atoms with Crippen LogP contribution in [0.15, 0.2) is 0 Å². The Balaban J connectivity index is 2.03. The maximum absolute atomic E-state index is 12.4. The van der Waals surface area contributed by atoms with Crippen LogP contribution in [0.25, 0.3) is 0 Å². The number of aliphatic carboxylic acids is 1. The van der Waals surface area contributed by atoms with Gasteiger partial charge in [-0.15, -0.1) is 0 Å². The molecule has 2 saturated heterocycles. The van der Waals surface area contributed by atoms with Gasteiger partial charge in [-0.25, -0.2) is 4.79 Å². The van der Waals surface area contributed by atoms with Crippen LogP contribution < -0.4 is 5.32 Å². The highest BCUT2D eigenvalue weighted by Gasteiger charge is 2.52. The number of imide groups is 1. The van der Waals surface area contributed by atoms with Crippen LogP contribution in [0.2, 0.25) is 0 Å². The van der Waals surface area contributed by atoms with Crippen molar-refractivity contribution in [3.05, 3.63) is 0 Å². The maximum atomic E-state index is 12.4. The van der Waals surface area contributed by atoms with Crippen molar-refractivity contribution >= 4 is 17.9 Å². The molecule has 0 aromatic carbocycles. The lowest BCUT2D eigenvalue weighted by Crippen LogP contribution is -2.56. The van der Waals surface area contributed by atoms with Crippen molar-refractivity contribution in [2.24, 2.45) is 0 Å². The van der Waals surface area contributed by atoms with Crippen LogP contribution in [0.3, 0.4) is 0 Å². The molecule has 2 aliphatic heterocycles. The summed E-state index contributed by atoms with van der Waals surface area (Å²) >= 11 is 0. The predicted molar refractivity (Wildman–Crippen MR) is 71.2 cm³/mol. The molecule has 0 aromatic heterocycles. The van der Waals surface area contributed by atoms with Crippen molar-refractivity contribution in [2.75, 3.05) is 19.6 Å². The Kier molecular flexibility index (Phi) is 3.99. The lowest BCUT2D eigenvalue weighted by atomic mass is 9.87. The Morgan fingerprint density at radius 3 is 2.45 bits per heavy atom. The first kappa shape index (κ1) is 14.8. The number of piperidine rings is 1. The van der Waals surface area contributed by atoms with Gasteiger partial charge in [0.15, 0.2) is 0 Å². The third-order valence-electron chi connectivity index (χ3n) is 4.18. The van der Waals surface area contributed by atoms with Gasteiger partial charge in [0.05, 0.1) is 6.42 Å². The number of hydrogen-bond donors (Lipinski definition) is 2. The van der Waals surface area contributed by atoms with E-state index >= 15 is 0 Å². The van der Waals surface area contributed by atoms with Crippen molar-refractivity contribution in [3.8, 4) is 0 Å². The van der Waals surface area contributed by atoms with Gasteiger partial charge < -0.3 is 15.3 Å². The van der Waals surface area contributed by atoms with E-state index in [0.717, 1.165) is 18.0 Å². The molecule has 2 heterocycles. The molecule has 2 N–H and O–H groups in total. The van der Waals surface area contributed by atoms with Crippen molar-refractivity contribution < 1.29 is 19.5 Å². The first-order valence-corrected chi connectivity index (χ1v) is 6.96. The van der Waals surface area contributed by atoms with Crippen LogP contribution in [-0.4, -0.2) is 64.0 Å². The highest BCUT2D eigenvalue weighted by molar-refractivity contribution is 6.07. The van der Waals surface area contributed by atoms with Gasteiger partial charge in [-0.1, -0.05) is 0 Å². The molecule has 3 amide bonds. The van der Waals surface area contributed by atoms with E-state index < -0.39 is 17.5 Å². The normalized spacial score (nSPS) is 22.6. The zero-order valence-corrected chi connectivity index (χ0v) is 11.9. The molecule has 0 aromatic rings. The van der Waals surface area contributed by atoms with Gasteiger partial charge in [0.2, 0.25) is 0 Å². The summed E-state index contributed by atoms with van der Waals surface area (Å²) < 4.78 is 0. The second-order valence-electron chi connectivity index (χ2n) is 5.74. The van der Waals surface area contributed by atoms with Gasteiger partial charge in [-0.3, -0.25) is 14.5 Å². The van der Waals surface area contributed by atoms with E-state index in [1.165, 1.54) is 0 Å². The quantitative estimate of drug-likeness (QED) is 0.722. The number of nitrogens with one attached hydrogen (secondary N) is 1. The summed E-state index contributed by atoms with van der Waals surface area (Å²) in [5, 5.41) is 11.4. The number of likely N-dealkylation sites (tertiary alicyclic amines) is 1. The van der Waals surface area contributed by atoms with Gasteiger partial charge in [-0.05, 0) is 26.7 Å². The summed E-state index contributed by atoms with van der Waals surface area (Å²) in [4.78, 5) is 38.2. The van der Waals surface area contributed by atoms with E-state index in [1.807, 2.05) is 0 Å². The van der Waals surface area contributed by atoms with E-state index in [4.69, 9.17) is 5.11 Å². The zero-order chi connectivity index (χ0) is 14.9. The van der Waals surface area contributed by atoms with E-state index in [-0.39, 0.29) is 18.9 Å². The third kappa shape index (κ3) is 2.63. The molecule has 112 valence electrons. The number of carbonyl (C=O) groups excluding carboxylic acids is 2. The first-order valence-electron chi connectivity index (χ1n) is 6.96. The summed E-state index contributed by atoms with van der Waals surface area (Å²) in [6, 6.07) is -0.0445. The molecular weight excluding hydrogens is 262 g/mol. The van der Waals surface area contributed by atoms with Crippen molar-refractivity contribution in [3.63, 3.8) is 0 Å². The number of carboxylic acids is 1. The summed E-state index contributed by atoms with van der Waals surface area (Å²) in [6.45, 7) is 5.67. The highest BCUT2D eigenvalue weighted by Crippen LogP contribution is 2.30. The molecule has 7 nitrogen and oxygen atoms in total.